The molecule has 0 amide bonds. The Hall–Kier alpha value is -2.23. The van der Waals surface area contributed by atoms with Gasteiger partial charge in [0.05, 0.1) is 14.2 Å². The molecule has 2 rings (SSSR count). The molecule has 0 bridgehead atoms. The lowest BCUT2D eigenvalue weighted by Crippen LogP contribution is -1.90. The lowest BCUT2D eigenvalue weighted by molar-refractivity contribution is 0.386. The van der Waals surface area contributed by atoms with Crippen LogP contribution in [-0.2, 0) is 0 Å². The Morgan fingerprint density at radius 1 is 0.765 bits per heavy atom. The number of nitrogens with zero attached hydrogens (tertiary/aromatic N) is 1. The number of rotatable bonds is 4. The Labute approximate surface area is 99.8 Å². The van der Waals surface area contributed by atoms with Crippen LogP contribution >= 0.6 is 0 Å². The van der Waals surface area contributed by atoms with Gasteiger partial charge in [-0.3, -0.25) is 4.98 Å². The highest BCUT2D eigenvalue weighted by atomic mass is 16.5. The fourth-order valence-corrected chi connectivity index (χ4v) is 1.38. The second-order valence-corrected chi connectivity index (χ2v) is 3.33. The Morgan fingerprint density at radius 3 is 1.82 bits per heavy atom. The summed E-state index contributed by atoms with van der Waals surface area (Å²) in [6, 6.07) is 8.95. The molecular weight excluding hydrogens is 218 g/mol. The Bertz CT molecular complexity index is 463. The molecule has 0 saturated carbocycles. The first kappa shape index (κ1) is 11.3. The molecule has 4 nitrogen and oxygen atoms in total. The highest BCUT2D eigenvalue weighted by molar-refractivity contribution is 5.43. The van der Waals surface area contributed by atoms with E-state index in [1.165, 1.54) is 0 Å². The minimum Gasteiger partial charge on any atom is -0.496 e. The molecule has 0 saturated heterocycles. The summed E-state index contributed by atoms with van der Waals surface area (Å²) in [5, 5.41) is 0. The van der Waals surface area contributed by atoms with E-state index in [2.05, 4.69) is 4.98 Å². The van der Waals surface area contributed by atoms with E-state index in [1.54, 1.807) is 56.9 Å². The van der Waals surface area contributed by atoms with Crippen molar-refractivity contribution in [1.82, 2.24) is 4.98 Å². The highest BCUT2D eigenvalue weighted by Crippen LogP contribution is 2.30. The standard InChI is InChI=1S/C13H13NO3/c1-15-11-7-12(16-2)9-13(8-11)17-10-3-5-14-6-4-10/h3-9H,1-2H3. The minimum absolute atomic E-state index is 0.660. The number of benzene rings is 1. The number of methoxy groups -OCH3 is 2. The molecule has 0 fully saturated rings. The second kappa shape index (κ2) is 5.21. The van der Waals surface area contributed by atoms with Crippen molar-refractivity contribution >= 4 is 0 Å². The maximum atomic E-state index is 5.66. The van der Waals surface area contributed by atoms with Crippen molar-refractivity contribution in [3.8, 4) is 23.0 Å². The van der Waals surface area contributed by atoms with Crippen LogP contribution in [0, 0.1) is 0 Å². The quantitative estimate of drug-likeness (QED) is 0.811. The van der Waals surface area contributed by atoms with Crippen molar-refractivity contribution in [2.75, 3.05) is 14.2 Å². The van der Waals surface area contributed by atoms with Crippen LogP contribution in [0.15, 0.2) is 42.7 Å². The summed E-state index contributed by atoms with van der Waals surface area (Å²) in [5.74, 6) is 2.75. The first-order valence-corrected chi connectivity index (χ1v) is 5.13. The fraction of sp³-hybridized carbons (Fsp3) is 0.154. The third-order valence-corrected chi connectivity index (χ3v) is 2.21. The van der Waals surface area contributed by atoms with Gasteiger partial charge in [-0.1, -0.05) is 0 Å². The van der Waals surface area contributed by atoms with Crippen LogP contribution in [0.5, 0.6) is 23.0 Å². The van der Waals surface area contributed by atoms with Crippen LogP contribution in [0.3, 0.4) is 0 Å². The summed E-state index contributed by atoms with van der Waals surface area (Å²) < 4.78 is 16.0. The molecule has 0 N–H and O–H groups in total. The van der Waals surface area contributed by atoms with Gasteiger partial charge in [0.1, 0.15) is 23.0 Å². The van der Waals surface area contributed by atoms with Crippen molar-refractivity contribution in [1.29, 1.82) is 0 Å². The summed E-state index contributed by atoms with van der Waals surface area (Å²) in [7, 11) is 3.20. The third kappa shape index (κ3) is 2.87. The molecule has 88 valence electrons. The van der Waals surface area contributed by atoms with Crippen molar-refractivity contribution in [2.24, 2.45) is 0 Å². The molecule has 2 aromatic rings. The van der Waals surface area contributed by atoms with Crippen molar-refractivity contribution < 1.29 is 14.2 Å². The summed E-state index contributed by atoms with van der Waals surface area (Å²) in [4.78, 5) is 3.93. The summed E-state index contributed by atoms with van der Waals surface area (Å²) in [6.07, 6.45) is 3.35. The predicted molar refractivity (Wildman–Crippen MR) is 63.9 cm³/mol. The molecule has 0 atom stereocenters. The first-order chi connectivity index (χ1) is 8.31. The van der Waals surface area contributed by atoms with Crippen LogP contribution in [0.4, 0.5) is 0 Å². The largest absolute Gasteiger partial charge is 0.496 e. The van der Waals surface area contributed by atoms with Crippen LogP contribution < -0.4 is 14.2 Å². The molecule has 0 unspecified atom stereocenters. The predicted octanol–water partition coefficient (Wildman–Crippen LogP) is 2.89. The fourth-order valence-electron chi connectivity index (χ4n) is 1.38. The van der Waals surface area contributed by atoms with Gasteiger partial charge in [-0.15, -0.1) is 0 Å². The maximum Gasteiger partial charge on any atom is 0.134 e. The summed E-state index contributed by atoms with van der Waals surface area (Å²) in [6.45, 7) is 0. The second-order valence-electron chi connectivity index (χ2n) is 3.33. The van der Waals surface area contributed by atoms with E-state index >= 15 is 0 Å². The average molecular weight is 231 g/mol. The van der Waals surface area contributed by atoms with E-state index in [-0.39, 0.29) is 0 Å². The van der Waals surface area contributed by atoms with Gasteiger partial charge in [-0.2, -0.15) is 0 Å². The number of aromatic nitrogens is 1. The van der Waals surface area contributed by atoms with E-state index in [9.17, 15) is 0 Å². The molecule has 1 aromatic heterocycles. The van der Waals surface area contributed by atoms with Crippen LogP contribution in [0.1, 0.15) is 0 Å². The van der Waals surface area contributed by atoms with Gasteiger partial charge in [0, 0.05) is 30.6 Å². The molecule has 0 spiro atoms. The zero-order valence-electron chi connectivity index (χ0n) is 9.71. The Morgan fingerprint density at radius 2 is 1.29 bits per heavy atom. The normalized spacial score (nSPS) is 9.76. The number of ether oxygens (including phenoxy) is 3. The zero-order valence-corrected chi connectivity index (χ0v) is 9.71. The van der Waals surface area contributed by atoms with Gasteiger partial charge in [0.15, 0.2) is 0 Å². The van der Waals surface area contributed by atoms with Crippen molar-refractivity contribution in [3.63, 3.8) is 0 Å². The van der Waals surface area contributed by atoms with Gasteiger partial charge in [0.25, 0.3) is 0 Å². The number of hydrogen-bond donors (Lipinski definition) is 0. The van der Waals surface area contributed by atoms with Crippen LogP contribution in [-0.4, -0.2) is 19.2 Å². The van der Waals surface area contributed by atoms with E-state index < -0.39 is 0 Å². The van der Waals surface area contributed by atoms with E-state index in [0.717, 1.165) is 5.75 Å². The Kier molecular flexibility index (Phi) is 3.45. The monoisotopic (exact) mass is 231 g/mol. The molecule has 0 radical (unpaired) electrons. The summed E-state index contributed by atoms with van der Waals surface area (Å²) >= 11 is 0. The van der Waals surface area contributed by atoms with Crippen molar-refractivity contribution in [2.45, 2.75) is 0 Å². The van der Waals surface area contributed by atoms with Gasteiger partial charge in [0.2, 0.25) is 0 Å². The molecule has 0 aliphatic rings. The van der Waals surface area contributed by atoms with E-state index in [4.69, 9.17) is 14.2 Å². The minimum atomic E-state index is 0.660. The molecule has 1 aromatic carbocycles. The highest BCUT2D eigenvalue weighted by Gasteiger charge is 2.03. The number of pyridine rings is 1. The van der Waals surface area contributed by atoms with Gasteiger partial charge in [-0.25, -0.2) is 0 Å². The first-order valence-electron chi connectivity index (χ1n) is 5.13. The average Bonchev–Trinajstić information content (AvgIpc) is 2.39. The van der Waals surface area contributed by atoms with Crippen LogP contribution in [0.2, 0.25) is 0 Å². The molecule has 0 aliphatic heterocycles. The SMILES string of the molecule is COc1cc(OC)cc(Oc2ccncc2)c1. The maximum absolute atomic E-state index is 5.66. The lowest BCUT2D eigenvalue weighted by Gasteiger charge is -2.09. The molecular formula is C13H13NO3. The lowest BCUT2D eigenvalue weighted by atomic mass is 10.3. The topological polar surface area (TPSA) is 40.6 Å². The summed E-state index contributed by atoms with van der Waals surface area (Å²) in [5.41, 5.74) is 0. The van der Waals surface area contributed by atoms with E-state index in [0.29, 0.717) is 17.2 Å². The molecule has 0 aliphatic carbocycles. The number of hydrogen-bond acceptors (Lipinski definition) is 4. The van der Waals surface area contributed by atoms with Gasteiger partial charge >= 0.3 is 0 Å². The Balaban J connectivity index is 2.26. The molecule has 1 heterocycles. The van der Waals surface area contributed by atoms with Crippen molar-refractivity contribution in [3.05, 3.63) is 42.7 Å². The van der Waals surface area contributed by atoms with E-state index in [1.807, 2.05) is 0 Å². The zero-order chi connectivity index (χ0) is 12.1. The molecule has 4 heteroatoms. The smallest absolute Gasteiger partial charge is 0.134 e. The van der Waals surface area contributed by atoms with Gasteiger partial charge < -0.3 is 14.2 Å². The van der Waals surface area contributed by atoms with Crippen LogP contribution in [0.25, 0.3) is 0 Å². The molecule has 17 heavy (non-hydrogen) atoms. The third-order valence-electron chi connectivity index (χ3n) is 2.21. The van der Waals surface area contributed by atoms with Gasteiger partial charge in [-0.05, 0) is 12.1 Å².